The van der Waals surface area contributed by atoms with Crippen LogP contribution in [0.3, 0.4) is 0 Å². The largest absolute Gasteiger partial charge is 0.416 e. The first-order chi connectivity index (χ1) is 7.23. The molecular formula is C11H11BrF3N. The summed E-state index contributed by atoms with van der Waals surface area (Å²) < 4.78 is 38.0. The van der Waals surface area contributed by atoms with Crippen molar-refractivity contribution in [2.24, 2.45) is 5.73 Å². The maximum atomic E-state index is 12.5. The normalized spacial score (nSPS) is 13.6. The van der Waals surface area contributed by atoms with Crippen molar-refractivity contribution in [1.82, 2.24) is 0 Å². The lowest BCUT2D eigenvalue weighted by Gasteiger charge is -2.16. The fraction of sp³-hybridized carbons (Fsp3) is 0.273. The molecule has 5 heteroatoms. The van der Waals surface area contributed by atoms with Gasteiger partial charge in [0.05, 0.1) is 11.6 Å². The van der Waals surface area contributed by atoms with Crippen molar-refractivity contribution in [1.29, 1.82) is 0 Å². The van der Waals surface area contributed by atoms with E-state index in [9.17, 15) is 13.2 Å². The van der Waals surface area contributed by atoms with Gasteiger partial charge in [-0.05, 0) is 30.7 Å². The zero-order valence-corrected chi connectivity index (χ0v) is 10.2. The fourth-order valence-electron chi connectivity index (χ4n) is 1.22. The van der Waals surface area contributed by atoms with Crippen LogP contribution in [0.5, 0.6) is 0 Å². The van der Waals surface area contributed by atoms with Crippen LogP contribution in [-0.2, 0) is 6.18 Å². The molecule has 1 aromatic carbocycles. The lowest BCUT2D eigenvalue weighted by atomic mass is 10.00. The average Bonchev–Trinajstić information content (AvgIpc) is 2.15. The monoisotopic (exact) mass is 293 g/mol. The van der Waals surface area contributed by atoms with Gasteiger partial charge in [-0.15, -0.1) is 0 Å². The van der Waals surface area contributed by atoms with E-state index in [1.165, 1.54) is 6.07 Å². The molecule has 0 radical (unpaired) electrons. The predicted molar refractivity (Wildman–Crippen MR) is 60.9 cm³/mol. The Hall–Kier alpha value is -0.810. The van der Waals surface area contributed by atoms with Crippen molar-refractivity contribution in [3.63, 3.8) is 0 Å². The van der Waals surface area contributed by atoms with Crippen LogP contribution in [0.4, 0.5) is 13.2 Å². The van der Waals surface area contributed by atoms with Crippen molar-refractivity contribution in [2.75, 3.05) is 0 Å². The molecule has 1 aromatic rings. The molecule has 1 rings (SSSR count). The number of nitrogens with two attached hydrogens (primary N) is 1. The molecule has 1 atom stereocenters. The van der Waals surface area contributed by atoms with Crippen LogP contribution in [-0.4, -0.2) is 0 Å². The fourth-order valence-corrected chi connectivity index (χ4v) is 1.72. The van der Waals surface area contributed by atoms with E-state index in [-0.39, 0.29) is 0 Å². The number of halogens is 4. The van der Waals surface area contributed by atoms with Gasteiger partial charge in [-0.1, -0.05) is 28.1 Å². The SMILES string of the molecule is C=C(C)C(N)c1cc(C(F)(F)F)ccc1Br. The highest BCUT2D eigenvalue weighted by atomic mass is 79.9. The summed E-state index contributed by atoms with van der Waals surface area (Å²) in [5, 5.41) is 0. The Morgan fingerprint density at radius 3 is 2.44 bits per heavy atom. The number of hydrogen-bond donors (Lipinski definition) is 1. The number of benzene rings is 1. The smallest absolute Gasteiger partial charge is 0.321 e. The lowest BCUT2D eigenvalue weighted by Crippen LogP contribution is -2.14. The predicted octanol–water partition coefficient (Wildman–Crippen LogP) is 4.04. The maximum absolute atomic E-state index is 12.5. The quantitative estimate of drug-likeness (QED) is 0.818. The van der Waals surface area contributed by atoms with Gasteiger partial charge in [0.25, 0.3) is 0 Å². The van der Waals surface area contributed by atoms with Crippen LogP contribution >= 0.6 is 15.9 Å². The van der Waals surface area contributed by atoms with Crippen molar-refractivity contribution in [3.05, 3.63) is 46.0 Å². The third-order valence-electron chi connectivity index (χ3n) is 2.19. The van der Waals surface area contributed by atoms with E-state index in [0.29, 0.717) is 15.6 Å². The summed E-state index contributed by atoms with van der Waals surface area (Å²) in [6, 6.07) is 2.81. The van der Waals surface area contributed by atoms with E-state index in [1.807, 2.05) is 0 Å². The van der Waals surface area contributed by atoms with Crippen LogP contribution in [0.1, 0.15) is 24.1 Å². The molecule has 0 heterocycles. The zero-order valence-electron chi connectivity index (χ0n) is 8.61. The number of hydrogen-bond acceptors (Lipinski definition) is 1. The second-order valence-corrected chi connectivity index (χ2v) is 4.41. The summed E-state index contributed by atoms with van der Waals surface area (Å²) in [4.78, 5) is 0. The number of alkyl halides is 3. The molecule has 0 aliphatic carbocycles. The van der Waals surface area contributed by atoms with Crippen LogP contribution in [0, 0.1) is 0 Å². The molecule has 1 unspecified atom stereocenters. The van der Waals surface area contributed by atoms with E-state index >= 15 is 0 Å². The highest BCUT2D eigenvalue weighted by Crippen LogP contribution is 2.34. The Morgan fingerprint density at radius 2 is 2.00 bits per heavy atom. The van der Waals surface area contributed by atoms with Gasteiger partial charge < -0.3 is 5.73 Å². The van der Waals surface area contributed by atoms with Gasteiger partial charge in [-0.25, -0.2) is 0 Å². The first-order valence-corrected chi connectivity index (χ1v) is 5.30. The topological polar surface area (TPSA) is 26.0 Å². The minimum atomic E-state index is -4.36. The molecule has 0 spiro atoms. The summed E-state index contributed by atoms with van der Waals surface area (Å²) in [6.45, 7) is 5.32. The Kier molecular flexibility index (Phi) is 3.80. The molecule has 0 saturated carbocycles. The van der Waals surface area contributed by atoms with Gasteiger partial charge in [-0.2, -0.15) is 13.2 Å². The van der Waals surface area contributed by atoms with Gasteiger partial charge in [-0.3, -0.25) is 0 Å². The summed E-state index contributed by atoms with van der Waals surface area (Å²) in [5.41, 5.74) is 6.05. The zero-order chi connectivity index (χ0) is 12.5. The third kappa shape index (κ3) is 2.86. The van der Waals surface area contributed by atoms with Crippen molar-refractivity contribution in [2.45, 2.75) is 19.1 Å². The molecule has 0 aliphatic rings. The van der Waals surface area contributed by atoms with E-state index in [0.717, 1.165) is 12.1 Å². The second-order valence-electron chi connectivity index (χ2n) is 3.56. The molecule has 16 heavy (non-hydrogen) atoms. The minimum Gasteiger partial charge on any atom is -0.321 e. The first kappa shape index (κ1) is 13.3. The van der Waals surface area contributed by atoms with Crippen LogP contribution in [0.2, 0.25) is 0 Å². The number of rotatable bonds is 2. The first-order valence-electron chi connectivity index (χ1n) is 4.51. The van der Waals surface area contributed by atoms with Crippen LogP contribution in [0.15, 0.2) is 34.8 Å². The Labute approximate surface area is 100 Å². The van der Waals surface area contributed by atoms with Crippen LogP contribution in [0.25, 0.3) is 0 Å². The summed E-state index contributed by atoms with van der Waals surface area (Å²) in [6.07, 6.45) is -4.36. The third-order valence-corrected chi connectivity index (χ3v) is 2.91. The Morgan fingerprint density at radius 1 is 1.44 bits per heavy atom. The highest BCUT2D eigenvalue weighted by molar-refractivity contribution is 9.10. The molecule has 1 nitrogen and oxygen atoms in total. The summed E-state index contributed by atoms with van der Waals surface area (Å²) in [7, 11) is 0. The summed E-state index contributed by atoms with van der Waals surface area (Å²) >= 11 is 3.18. The van der Waals surface area contributed by atoms with Crippen LogP contribution < -0.4 is 5.73 Å². The van der Waals surface area contributed by atoms with Gasteiger partial charge >= 0.3 is 6.18 Å². The van der Waals surface area contributed by atoms with Crippen molar-refractivity contribution >= 4 is 15.9 Å². The molecule has 0 aromatic heterocycles. The van der Waals surface area contributed by atoms with E-state index < -0.39 is 17.8 Å². The molecule has 0 saturated heterocycles. The second kappa shape index (κ2) is 4.59. The molecule has 0 bridgehead atoms. The Bertz CT molecular complexity index is 412. The average molecular weight is 294 g/mol. The standard InChI is InChI=1S/C11H11BrF3N/c1-6(2)10(16)8-5-7(11(13,14)15)3-4-9(8)12/h3-5,10H,1,16H2,2H3. The summed E-state index contributed by atoms with van der Waals surface area (Å²) in [5.74, 6) is 0. The van der Waals surface area contributed by atoms with Gasteiger partial charge in [0.15, 0.2) is 0 Å². The maximum Gasteiger partial charge on any atom is 0.416 e. The molecule has 0 fully saturated rings. The van der Waals surface area contributed by atoms with Gasteiger partial charge in [0.2, 0.25) is 0 Å². The van der Waals surface area contributed by atoms with E-state index in [2.05, 4.69) is 22.5 Å². The highest BCUT2D eigenvalue weighted by Gasteiger charge is 2.31. The van der Waals surface area contributed by atoms with Gasteiger partial charge in [0, 0.05) is 4.47 Å². The molecule has 0 amide bonds. The van der Waals surface area contributed by atoms with E-state index in [4.69, 9.17) is 5.73 Å². The molecule has 88 valence electrons. The lowest BCUT2D eigenvalue weighted by molar-refractivity contribution is -0.137. The molecule has 2 N–H and O–H groups in total. The van der Waals surface area contributed by atoms with Crippen molar-refractivity contribution < 1.29 is 13.2 Å². The van der Waals surface area contributed by atoms with Gasteiger partial charge in [0.1, 0.15) is 0 Å². The Balaban J connectivity index is 3.24. The van der Waals surface area contributed by atoms with E-state index in [1.54, 1.807) is 6.92 Å². The minimum absolute atomic E-state index is 0.391. The molecular weight excluding hydrogens is 283 g/mol. The van der Waals surface area contributed by atoms with Crippen molar-refractivity contribution in [3.8, 4) is 0 Å². The molecule has 0 aliphatic heterocycles.